The fourth-order valence-corrected chi connectivity index (χ4v) is 2.28. The summed E-state index contributed by atoms with van der Waals surface area (Å²) in [5.74, 6) is -11.3. The van der Waals surface area contributed by atoms with Gasteiger partial charge in [0.05, 0.1) is 6.42 Å². The SMILES string of the molecule is O=C(Cc1c(F)c(F)c(F)c(F)c1F)NCCc1cccc(Cl)c1. The third-order valence-electron chi connectivity index (χ3n) is 3.26. The predicted octanol–water partition coefficient (Wildman–Crippen LogP) is 3.94. The molecule has 0 aromatic heterocycles. The minimum Gasteiger partial charge on any atom is -0.355 e. The van der Waals surface area contributed by atoms with E-state index in [0.717, 1.165) is 5.56 Å². The number of hydrogen-bond donors (Lipinski definition) is 1. The second-order valence-corrected chi connectivity index (χ2v) is 5.39. The molecule has 0 radical (unpaired) electrons. The lowest BCUT2D eigenvalue weighted by molar-refractivity contribution is -0.120. The molecule has 0 fully saturated rings. The number of nitrogens with one attached hydrogen (secondary N) is 1. The maximum Gasteiger partial charge on any atom is 0.224 e. The summed E-state index contributed by atoms with van der Waals surface area (Å²) < 4.78 is 66.0. The molecule has 0 aliphatic carbocycles. The van der Waals surface area contributed by atoms with Crippen LogP contribution in [0.25, 0.3) is 0 Å². The Kier molecular flexibility index (Phi) is 5.77. The van der Waals surface area contributed by atoms with Crippen LogP contribution < -0.4 is 5.32 Å². The Morgan fingerprint density at radius 3 is 2.12 bits per heavy atom. The van der Waals surface area contributed by atoms with E-state index in [-0.39, 0.29) is 6.54 Å². The van der Waals surface area contributed by atoms with Crippen molar-refractivity contribution in [2.24, 2.45) is 0 Å². The molecule has 0 atom stereocenters. The molecular weight excluding hydrogens is 353 g/mol. The summed E-state index contributed by atoms with van der Waals surface area (Å²) in [5.41, 5.74) is -0.342. The van der Waals surface area contributed by atoms with Gasteiger partial charge in [0.15, 0.2) is 23.3 Å². The van der Waals surface area contributed by atoms with E-state index < -0.39 is 47.0 Å². The topological polar surface area (TPSA) is 29.1 Å². The summed E-state index contributed by atoms with van der Waals surface area (Å²) in [4.78, 5) is 11.7. The first kappa shape index (κ1) is 18.2. The third-order valence-corrected chi connectivity index (χ3v) is 3.50. The zero-order valence-corrected chi connectivity index (χ0v) is 12.9. The van der Waals surface area contributed by atoms with Gasteiger partial charge in [0.1, 0.15) is 0 Å². The molecule has 1 amide bonds. The molecule has 0 bridgehead atoms. The summed E-state index contributed by atoms with van der Waals surface area (Å²) >= 11 is 5.80. The van der Waals surface area contributed by atoms with Crippen molar-refractivity contribution in [1.29, 1.82) is 0 Å². The molecule has 2 nitrogen and oxygen atoms in total. The van der Waals surface area contributed by atoms with E-state index in [1.54, 1.807) is 24.3 Å². The number of halogens is 6. The van der Waals surface area contributed by atoms with E-state index in [1.807, 2.05) is 0 Å². The van der Waals surface area contributed by atoms with Crippen LogP contribution in [0.15, 0.2) is 24.3 Å². The van der Waals surface area contributed by atoms with Crippen LogP contribution in [0.3, 0.4) is 0 Å². The predicted molar refractivity (Wildman–Crippen MR) is 78.1 cm³/mol. The van der Waals surface area contributed by atoms with Gasteiger partial charge in [0, 0.05) is 17.1 Å². The Morgan fingerprint density at radius 2 is 1.54 bits per heavy atom. The Balaban J connectivity index is 2.00. The van der Waals surface area contributed by atoms with Gasteiger partial charge in [-0.1, -0.05) is 23.7 Å². The van der Waals surface area contributed by atoms with Crippen molar-refractivity contribution in [1.82, 2.24) is 5.32 Å². The van der Waals surface area contributed by atoms with Gasteiger partial charge in [0.25, 0.3) is 0 Å². The van der Waals surface area contributed by atoms with Crippen LogP contribution in [0.5, 0.6) is 0 Å². The lowest BCUT2D eigenvalue weighted by atomic mass is 10.1. The van der Waals surface area contributed by atoms with Crippen molar-refractivity contribution in [3.05, 3.63) is 69.5 Å². The Morgan fingerprint density at radius 1 is 0.958 bits per heavy atom. The van der Waals surface area contributed by atoms with Crippen LogP contribution >= 0.6 is 11.6 Å². The smallest absolute Gasteiger partial charge is 0.224 e. The van der Waals surface area contributed by atoms with Gasteiger partial charge < -0.3 is 5.32 Å². The van der Waals surface area contributed by atoms with E-state index in [1.165, 1.54) is 0 Å². The van der Waals surface area contributed by atoms with E-state index in [2.05, 4.69) is 5.32 Å². The van der Waals surface area contributed by atoms with Crippen LogP contribution in [-0.4, -0.2) is 12.5 Å². The van der Waals surface area contributed by atoms with Crippen molar-refractivity contribution >= 4 is 17.5 Å². The molecule has 128 valence electrons. The van der Waals surface area contributed by atoms with Gasteiger partial charge in [-0.2, -0.15) is 0 Å². The Labute approximate surface area is 139 Å². The summed E-state index contributed by atoms with van der Waals surface area (Å²) in [6.07, 6.45) is -0.565. The van der Waals surface area contributed by atoms with Crippen LogP contribution in [0.4, 0.5) is 22.0 Å². The molecule has 0 spiro atoms. The number of hydrogen-bond acceptors (Lipinski definition) is 1. The summed E-state index contributed by atoms with van der Waals surface area (Å²) in [7, 11) is 0. The highest BCUT2D eigenvalue weighted by Gasteiger charge is 2.26. The standard InChI is InChI=1S/C16H11ClF5NO/c17-9-3-1-2-8(6-9)4-5-23-11(24)7-10-12(18)14(20)16(22)15(21)13(10)19/h1-3,6H,4-5,7H2,(H,23,24). The van der Waals surface area contributed by atoms with Gasteiger partial charge in [-0.05, 0) is 24.1 Å². The number of rotatable bonds is 5. The first-order chi connectivity index (χ1) is 11.3. The van der Waals surface area contributed by atoms with Crippen molar-refractivity contribution in [2.75, 3.05) is 6.54 Å². The van der Waals surface area contributed by atoms with Gasteiger partial charge in [-0.15, -0.1) is 0 Å². The Bertz CT molecular complexity index is 752. The number of benzene rings is 2. The lowest BCUT2D eigenvalue weighted by Crippen LogP contribution is -2.28. The molecule has 2 aromatic rings. The molecule has 0 saturated carbocycles. The van der Waals surface area contributed by atoms with Crippen molar-refractivity contribution in [3.8, 4) is 0 Å². The molecule has 2 rings (SSSR count). The minimum atomic E-state index is -2.25. The molecule has 24 heavy (non-hydrogen) atoms. The highest BCUT2D eigenvalue weighted by Crippen LogP contribution is 2.23. The first-order valence-corrected chi connectivity index (χ1v) is 7.20. The molecular formula is C16H11ClF5NO. The third kappa shape index (κ3) is 4.03. The summed E-state index contributed by atoms with van der Waals surface area (Å²) in [6, 6.07) is 6.83. The van der Waals surface area contributed by atoms with Crippen molar-refractivity contribution in [3.63, 3.8) is 0 Å². The average Bonchev–Trinajstić information content (AvgIpc) is 2.55. The molecule has 1 N–H and O–H groups in total. The normalized spacial score (nSPS) is 10.8. The molecule has 8 heteroatoms. The highest BCUT2D eigenvalue weighted by atomic mass is 35.5. The largest absolute Gasteiger partial charge is 0.355 e. The number of carbonyl (C=O) groups is 1. The molecule has 0 aliphatic rings. The molecule has 0 aliphatic heterocycles. The van der Waals surface area contributed by atoms with Gasteiger partial charge in [0.2, 0.25) is 11.7 Å². The van der Waals surface area contributed by atoms with E-state index in [9.17, 15) is 26.7 Å². The van der Waals surface area contributed by atoms with E-state index in [0.29, 0.717) is 11.4 Å². The second-order valence-electron chi connectivity index (χ2n) is 4.96. The molecule has 0 heterocycles. The maximum absolute atomic E-state index is 13.5. The van der Waals surface area contributed by atoms with Crippen molar-refractivity contribution < 1.29 is 26.7 Å². The highest BCUT2D eigenvalue weighted by molar-refractivity contribution is 6.30. The number of carbonyl (C=O) groups excluding carboxylic acids is 1. The zero-order valence-electron chi connectivity index (χ0n) is 12.1. The average molecular weight is 364 g/mol. The quantitative estimate of drug-likeness (QED) is 0.486. The summed E-state index contributed by atoms with van der Waals surface area (Å²) in [5, 5.41) is 2.87. The first-order valence-electron chi connectivity index (χ1n) is 6.82. The van der Waals surface area contributed by atoms with Crippen LogP contribution in [0.2, 0.25) is 5.02 Å². The monoisotopic (exact) mass is 363 g/mol. The maximum atomic E-state index is 13.5. The fraction of sp³-hybridized carbons (Fsp3) is 0.188. The minimum absolute atomic E-state index is 0.120. The van der Waals surface area contributed by atoms with Gasteiger partial charge in [-0.3, -0.25) is 4.79 Å². The molecule has 2 aromatic carbocycles. The van der Waals surface area contributed by atoms with Crippen LogP contribution in [0, 0.1) is 29.1 Å². The van der Waals surface area contributed by atoms with Gasteiger partial charge >= 0.3 is 0 Å². The van der Waals surface area contributed by atoms with Crippen LogP contribution in [-0.2, 0) is 17.6 Å². The van der Waals surface area contributed by atoms with E-state index in [4.69, 9.17) is 11.6 Å². The van der Waals surface area contributed by atoms with E-state index >= 15 is 0 Å². The lowest BCUT2D eigenvalue weighted by Gasteiger charge is -2.09. The van der Waals surface area contributed by atoms with Crippen LogP contribution in [0.1, 0.15) is 11.1 Å². The van der Waals surface area contributed by atoms with Gasteiger partial charge in [-0.25, -0.2) is 22.0 Å². The Hall–Kier alpha value is -2.15. The zero-order chi connectivity index (χ0) is 17.9. The number of amides is 1. The molecule has 0 saturated heterocycles. The second kappa shape index (κ2) is 7.61. The van der Waals surface area contributed by atoms with Crippen molar-refractivity contribution in [2.45, 2.75) is 12.8 Å². The molecule has 0 unspecified atom stereocenters. The summed E-state index contributed by atoms with van der Waals surface area (Å²) in [6.45, 7) is 0.120. The fourth-order valence-electron chi connectivity index (χ4n) is 2.07.